The van der Waals surface area contributed by atoms with Gasteiger partial charge in [0.25, 0.3) is 0 Å². The number of carbonyl (C=O) groups excluding carboxylic acids is 1. The van der Waals surface area contributed by atoms with Gasteiger partial charge in [0.05, 0.1) is 10.5 Å². The Bertz CT molecular complexity index is 711. The Labute approximate surface area is 122 Å². The lowest BCUT2D eigenvalue weighted by atomic mass is 10.2. The third-order valence-corrected chi connectivity index (χ3v) is 2.73. The van der Waals surface area contributed by atoms with E-state index in [0.29, 0.717) is 6.29 Å². The van der Waals surface area contributed by atoms with E-state index in [1.54, 1.807) is 0 Å². The number of nitro groups is 1. The minimum Gasteiger partial charge on any atom is -0.450 e. The molecule has 2 aromatic rings. The number of hydrogen-bond donors (Lipinski definition) is 0. The van der Waals surface area contributed by atoms with Crippen molar-refractivity contribution in [3.8, 4) is 11.5 Å². The van der Waals surface area contributed by atoms with E-state index in [4.69, 9.17) is 4.74 Å². The van der Waals surface area contributed by atoms with E-state index < -0.39 is 22.4 Å². The van der Waals surface area contributed by atoms with Crippen LogP contribution < -0.4 is 4.74 Å². The standard InChI is InChI=1S/C14H8F3NO4/c15-14(16,17)10-2-4-11(5-3-10)22-13-7-9(8-19)1-6-12(13)18(20)21/h1-8H. The second-order valence-corrected chi connectivity index (χ2v) is 4.23. The summed E-state index contributed by atoms with van der Waals surface area (Å²) in [5.41, 5.74) is -1.12. The molecule has 0 aliphatic rings. The van der Waals surface area contributed by atoms with E-state index in [-0.39, 0.29) is 17.1 Å². The van der Waals surface area contributed by atoms with Crippen molar-refractivity contribution in [2.24, 2.45) is 0 Å². The molecule has 0 heterocycles. The Kier molecular flexibility index (Phi) is 4.11. The van der Waals surface area contributed by atoms with Crippen LogP contribution in [0.3, 0.4) is 0 Å². The molecule has 0 aromatic heterocycles. The van der Waals surface area contributed by atoms with Crippen molar-refractivity contribution >= 4 is 12.0 Å². The quantitative estimate of drug-likeness (QED) is 0.481. The van der Waals surface area contributed by atoms with Crippen LogP contribution in [0.1, 0.15) is 15.9 Å². The van der Waals surface area contributed by atoms with Crippen molar-refractivity contribution in [2.75, 3.05) is 0 Å². The highest BCUT2D eigenvalue weighted by atomic mass is 19.4. The third kappa shape index (κ3) is 3.40. The molecule has 5 nitrogen and oxygen atoms in total. The van der Waals surface area contributed by atoms with Crippen LogP contribution in [0.2, 0.25) is 0 Å². The van der Waals surface area contributed by atoms with E-state index in [1.807, 2.05) is 0 Å². The van der Waals surface area contributed by atoms with Crippen LogP contribution in [0.15, 0.2) is 42.5 Å². The molecule has 0 bridgehead atoms. The topological polar surface area (TPSA) is 69.4 Å². The Hall–Kier alpha value is -2.90. The predicted molar refractivity (Wildman–Crippen MR) is 70.0 cm³/mol. The molecule has 22 heavy (non-hydrogen) atoms. The van der Waals surface area contributed by atoms with Gasteiger partial charge in [0.1, 0.15) is 12.0 Å². The molecule has 8 heteroatoms. The van der Waals surface area contributed by atoms with Gasteiger partial charge in [-0.1, -0.05) is 0 Å². The van der Waals surface area contributed by atoms with Crippen molar-refractivity contribution in [2.45, 2.75) is 6.18 Å². The maximum absolute atomic E-state index is 12.4. The molecule has 0 amide bonds. The van der Waals surface area contributed by atoms with E-state index in [0.717, 1.165) is 36.4 Å². The van der Waals surface area contributed by atoms with Crippen LogP contribution in [0.4, 0.5) is 18.9 Å². The Morgan fingerprint density at radius 3 is 2.23 bits per heavy atom. The zero-order chi connectivity index (χ0) is 16.3. The first kappa shape index (κ1) is 15.5. The number of ether oxygens (including phenoxy) is 1. The summed E-state index contributed by atoms with van der Waals surface area (Å²) in [6, 6.07) is 7.15. The summed E-state index contributed by atoms with van der Waals surface area (Å²) in [5.74, 6) is -0.242. The van der Waals surface area contributed by atoms with Gasteiger partial charge < -0.3 is 4.74 Å². The summed E-state index contributed by atoms with van der Waals surface area (Å²) in [5, 5.41) is 10.9. The molecule has 0 saturated carbocycles. The van der Waals surface area contributed by atoms with Crippen molar-refractivity contribution < 1.29 is 27.6 Å². The lowest BCUT2D eigenvalue weighted by Crippen LogP contribution is -2.04. The molecule has 0 radical (unpaired) electrons. The first-order valence-corrected chi connectivity index (χ1v) is 5.90. The largest absolute Gasteiger partial charge is 0.450 e. The van der Waals surface area contributed by atoms with Crippen LogP contribution >= 0.6 is 0 Å². The lowest BCUT2D eigenvalue weighted by Gasteiger charge is -2.09. The van der Waals surface area contributed by atoms with E-state index in [2.05, 4.69) is 0 Å². The van der Waals surface area contributed by atoms with E-state index in [1.165, 1.54) is 6.07 Å². The number of nitro benzene ring substituents is 1. The highest BCUT2D eigenvalue weighted by Crippen LogP contribution is 2.34. The summed E-state index contributed by atoms with van der Waals surface area (Å²) in [6.07, 6.45) is -4.01. The number of nitrogens with zero attached hydrogens (tertiary/aromatic N) is 1. The van der Waals surface area contributed by atoms with E-state index >= 15 is 0 Å². The molecular formula is C14H8F3NO4. The Morgan fingerprint density at radius 2 is 1.73 bits per heavy atom. The third-order valence-electron chi connectivity index (χ3n) is 2.73. The average Bonchev–Trinajstić information content (AvgIpc) is 2.46. The van der Waals surface area contributed by atoms with Gasteiger partial charge in [-0.15, -0.1) is 0 Å². The summed E-state index contributed by atoms with van der Waals surface area (Å²) >= 11 is 0. The molecule has 0 aliphatic carbocycles. The normalized spacial score (nSPS) is 11.0. The zero-order valence-corrected chi connectivity index (χ0v) is 10.8. The molecule has 2 rings (SSSR count). The number of rotatable bonds is 4. The monoisotopic (exact) mass is 311 g/mol. The van der Waals surface area contributed by atoms with Crippen LogP contribution in [0, 0.1) is 10.1 Å². The van der Waals surface area contributed by atoms with Gasteiger partial charge in [-0.3, -0.25) is 14.9 Å². The lowest BCUT2D eigenvalue weighted by molar-refractivity contribution is -0.385. The summed E-state index contributed by atoms with van der Waals surface area (Å²) < 4.78 is 42.6. The smallest absolute Gasteiger partial charge is 0.416 e. The second kappa shape index (κ2) is 5.84. The van der Waals surface area contributed by atoms with Crippen molar-refractivity contribution in [3.63, 3.8) is 0 Å². The zero-order valence-electron chi connectivity index (χ0n) is 10.8. The number of halogens is 3. The van der Waals surface area contributed by atoms with Crippen molar-refractivity contribution in [3.05, 3.63) is 63.7 Å². The van der Waals surface area contributed by atoms with Crippen LogP contribution in [-0.2, 0) is 6.18 Å². The number of carbonyl (C=O) groups is 1. The number of hydrogen-bond acceptors (Lipinski definition) is 4. The first-order valence-electron chi connectivity index (χ1n) is 5.90. The minimum absolute atomic E-state index is 0.0147. The summed E-state index contributed by atoms with van der Waals surface area (Å²) in [7, 11) is 0. The minimum atomic E-state index is -4.48. The Morgan fingerprint density at radius 1 is 1.09 bits per heavy atom. The maximum Gasteiger partial charge on any atom is 0.416 e. The fourth-order valence-corrected chi connectivity index (χ4v) is 1.68. The summed E-state index contributed by atoms with van der Waals surface area (Å²) in [6.45, 7) is 0. The fraction of sp³-hybridized carbons (Fsp3) is 0.0714. The molecule has 0 spiro atoms. The van der Waals surface area contributed by atoms with Gasteiger partial charge in [0.2, 0.25) is 5.75 Å². The fourth-order valence-electron chi connectivity index (χ4n) is 1.68. The number of aldehydes is 1. The van der Waals surface area contributed by atoms with E-state index in [9.17, 15) is 28.1 Å². The highest BCUT2D eigenvalue weighted by molar-refractivity contribution is 5.77. The van der Waals surface area contributed by atoms with Gasteiger partial charge in [-0.25, -0.2) is 0 Å². The van der Waals surface area contributed by atoms with Gasteiger partial charge in [0.15, 0.2) is 0 Å². The maximum atomic E-state index is 12.4. The molecule has 114 valence electrons. The number of benzene rings is 2. The van der Waals surface area contributed by atoms with Crippen molar-refractivity contribution in [1.29, 1.82) is 0 Å². The summed E-state index contributed by atoms with van der Waals surface area (Å²) in [4.78, 5) is 20.9. The molecule has 0 saturated heterocycles. The van der Waals surface area contributed by atoms with Crippen LogP contribution in [0.5, 0.6) is 11.5 Å². The predicted octanol–water partition coefficient (Wildman–Crippen LogP) is 4.22. The molecule has 2 aromatic carbocycles. The van der Waals surface area contributed by atoms with Crippen LogP contribution in [-0.4, -0.2) is 11.2 Å². The van der Waals surface area contributed by atoms with Gasteiger partial charge in [-0.2, -0.15) is 13.2 Å². The molecule has 0 N–H and O–H groups in total. The average molecular weight is 311 g/mol. The molecule has 0 fully saturated rings. The molecule has 0 unspecified atom stereocenters. The SMILES string of the molecule is O=Cc1ccc([N+](=O)[O-])c(Oc2ccc(C(F)(F)F)cc2)c1. The van der Waals surface area contributed by atoms with Crippen LogP contribution in [0.25, 0.3) is 0 Å². The molecule has 0 atom stereocenters. The van der Waals surface area contributed by atoms with Gasteiger partial charge in [0, 0.05) is 11.6 Å². The van der Waals surface area contributed by atoms with Gasteiger partial charge in [-0.05, 0) is 36.4 Å². The molecular weight excluding hydrogens is 303 g/mol. The molecule has 0 aliphatic heterocycles. The highest BCUT2D eigenvalue weighted by Gasteiger charge is 2.30. The Balaban J connectivity index is 2.33. The van der Waals surface area contributed by atoms with Crippen molar-refractivity contribution in [1.82, 2.24) is 0 Å². The second-order valence-electron chi connectivity index (χ2n) is 4.23. The number of alkyl halides is 3. The first-order chi connectivity index (χ1) is 10.3. The van der Waals surface area contributed by atoms with Gasteiger partial charge >= 0.3 is 11.9 Å².